The van der Waals surface area contributed by atoms with Gasteiger partial charge in [-0.2, -0.15) is 0 Å². The molecule has 0 radical (unpaired) electrons. The van der Waals surface area contributed by atoms with Crippen LogP contribution in [0, 0.1) is 30.3 Å². The van der Waals surface area contributed by atoms with Crippen LogP contribution in [0.15, 0.2) is 0 Å². The van der Waals surface area contributed by atoms with Crippen LogP contribution >= 0.6 is 0 Å². The summed E-state index contributed by atoms with van der Waals surface area (Å²) in [6.07, 6.45) is -3.01. The summed E-state index contributed by atoms with van der Waals surface area (Å²) in [5.41, 5.74) is 0. The molecule has 0 rings (SSSR count). The highest BCUT2D eigenvalue weighted by molar-refractivity contribution is 5.48. The van der Waals surface area contributed by atoms with Gasteiger partial charge in [0.05, 0.1) is 6.42 Å². The van der Waals surface area contributed by atoms with E-state index in [0.29, 0.717) is 32.0 Å². The minimum absolute atomic E-state index is 0.0366. The Morgan fingerprint density at radius 3 is 1.68 bits per heavy atom. The van der Waals surface area contributed by atoms with E-state index in [-0.39, 0.29) is 19.3 Å². The number of rotatable bonds is 19. The van der Waals surface area contributed by atoms with Crippen molar-refractivity contribution in [2.24, 2.45) is 0 Å². The fraction of sp³-hybridized carbons (Fsp3) is 0.944. The van der Waals surface area contributed by atoms with Crippen LogP contribution in [-0.2, 0) is 4.79 Å². The number of hydrogen-bond acceptors (Lipinski definition) is 10. The maximum atomic E-state index is 11.4. The van der Waals surface area contributed by atoms with E-state index >= 15 is 0 Å². The highest BCUT2D eigenvalue weighted by atomic mass is 16.6. The summed E-state index contributed by atoms with van der Waals surface area (Å²) in [4.78, 5) is 41.7. The first-order valence-corrected chi connectivity index (χ1v) is 10.4. The summed E-state index contributed by atoms with van der Waals surface area (Å²) in [5.74, 6) is 0. The third kappa shape index (κ3) is 11.1. The van der Waals surface area contributed by atoms with E-state index in [9.17, 15) is 50.5 Å². The highest BCUT2D eigenvalue weighted by Crippen LogP contribution is 2.21. The average Bonchev–Trinajstić information content (AvgIpc) is 2.67. The van der Waals surface area contributed by atoms with Crippen molar-refractivity contribution in [2.45, 2.75) is 108 Å². The van der Waals surface area contributed by atoms with Gasteiger partial charge in [0.25, 0.3) is 0 Å². The van der Waals surface area contributed by atoms with Crippen LogP contribution in [0.4, 0.5) is 0 Å². The van der Waals surface area contributed by atoms with E-state index in [4.69, 9.17) is 0 Å². The predicted molar refractivity (Wildman–Crippen MR) is 108 cm³/mol. The van der Waals surface area contributed by atoms with Crippen molar-refractivity contribution in [3.63, 3.8) is 0 Å². The Hall–Kier alpha value is -2.25. The van der Waals surface area contributed by atoms with Crippen LogP contribution in [0.25, 0.3) is 0 Å². The van der Waals surface area contributed by atoms with Gasteiger partial charge in [0.1, 0.15) is 24.6 Å². The van der Waals surface area contributed by atoms with Gasteiger partial charge < -0.3 is 20.1 Å². The summed E-state index contributed by atoms with van der Waals surface area (Å²) >= 11 is 0. The van der Waals surface area contributed by atoms with E-state index in [2.05, 4.69) is 0 Å². The van der Waals surface area contributed by atoms with Gasteiger partial charge in [0.15, 0.2) is 0 Å². The molecule has 0 fully saturated rings. The quantitative estimate of drug-likeness (QED) is 0.110. The lowest BCUT2D eigenvalue weighted by Gasteiger charge is -2.23. The van der Waals surface area contributed by atoms with Crippen molar-refractivity contribution < 1.29 is 34.9 Å². The van der Waals surface area contributed by atoms with Crippen LogP contribution in [0.5, 0.6) is 0 Å². The van der Waals surface area contributed by atoms with Crippen LogP contribution < -0.4 is 0 Å². The molecule has 0 aliphatic rings. The maximum absolute atomic E-state index is 11.4. The van der Waals surface area contributed by atoms with E-state index in [1.165, 1.54) is 0 Å². The van der Waals surface area contributed by atoms with Gasteiger partial charge in [-0.3, -0.25) is 30.3 Å². The molecule has 0 heterocycles. The third-order valence-electron chi connectivity index (χ3n) is 5.29. The third-order valence-corrected chi connectivity index (χ3v) is 5.29. The molecule has 0 aliphatic carbocycles. The van der Waals surface area contributed by atoms with E-state index < -0.39 is 64.0 Å². The van der Waals surface area contributed by atoms with Crippen LogP contribution in [0.2, 0.25) is 0 Å². The highest BCUT2D eigenvalue weighted by Gasteiger charge is 2.43. The van der Waals surface area contributed by atoms with Crippen molar-refractivity contribution in [1.82, 2.24) is 0 Å². The number of aliphatic hydroxyl groups is 3. The normalized spacial score (nSPS) is 17.2. The summed E-state index contributed by atoms with van der Waals surface area (Å²) in [7, 11) is 0. The molecule has 0 saturated heterocycles. The molecule has 0 amide bonds. The Morgan fingerprint density at radius 2 is 1.19 bits per heavy atom. The lowest BCUT2D eigenvalue weighted by Crippen LogP contribution is -2.46. The number of nitrogens with zero attached hydrogens (tertiary/aromatic N) is 3. The number of nitro groups is 3. The van der Waals surface area contributed by atoms with Crippen LogP contribution in [0.3, 0.4) is 0 Å². The minimum Gasteiger partial charge on any atom is -0.386 e. The Kier molecular flexibility index (Phi) is 14.4. The zero-order valence-electron chi connectivity index (χ0n) is 17.7. The summed E-state index contributed by atoms with van der Waals surface area (Å²) in [6, 6.07) is -5.05. The van der Waals surface area contributed by atoms with Crippen molar-refractivity contribution in [3.8, 4) is 0 Å². The first kappa shape index (κ1) is 28.8. The topological polar surface area (TPSA) is 207 Å². The molecule has 0 aromatic carbocycles. The van der Waals surface area contributed by atoms with Gasteiger partial charge in [0.2, 0.25) is 18.1 Å². The Bertz CT molecular complexity index is 577. The molecule has 6 atom stereocenters. The smallest absolute Gasteiger partial charge is 0.245 e. The monoisotopic (exact) mass is 451 g/mol. The maximum Gasteiger partial charge on any atom is 0.245 e. The Balaban J connectivity index is 5.15. The summed E-state index contributed by atoms with van der Waals surface area (Å²) < 4.78 is 0. The minimum atomic E-state index is -1.89. The van der Waals surface area contributed by atoms with Gasteiger partial charge >= 0.3 is 0 Å². The zero-order chi connectivity index (χ0) is 24.0. The first-order chi connectivity index (χ1) is 14.6. The van der Waals surface area contributed by atoms with Gasteiger partial charge in [-0.25, -0.2) is 0 Å². The summed E-state index contributed by atoms with van der Waals surface area (Å²) in [6.45, 7) is 1.89. The number of aldehydes is 1. The van der Waals surface area contributed by atoms with Crippen LogP contribution in [-0.4, -0.2) is 72.8 Å². The lowest BCUT2D eigenvalue weighted by atomic mass is 9.91. The predicted octanol–water partition coefficient (Wildman–Crippen LogP) is 1.12. The summed E-state index contributed by atoms with van der Waals surface area (Å²) in [5, 5.41) is 64.4. The number of unbranched alkanes of at least 4 members (excludes halogenated alkanes) is 4. The fourth-order valence-electron chi connectivity index (χ4n) is 3.39. The van der Waals surface area contributed by atoms with E-state index in [0.717, 1.165) is 6.42 Å². The average molecular weight is 451 g/mol. The second-order valence-corrected chi connectivity index (χ2v) is 7.68. The molecule has 180 valence electrons. The second kappa shape index (κ2) is 15.5. The van der Waals surface area contributed by atoms with Gasteiger partial charge in [-0.1, -0.05) is 26.2 Å². The molecule has 0 aromatic heterocycles. The molecular formula is C18H33N3O10. The van der Waals surface area contributed by atoms with E-state index in [1.54, 1.807) is 0 Å². The number of aliphatic hydroxyl groups excluding tert-OH is 3. The van der Waals surface area contributed by atoms with E-state index in [1.807, 2.05) is 6.92 Å². The molecule has 6 unspecified atom stereocenters. The SMILES string of the molecule is CCCCCC(C(O)CC(O)C(CC(C(O)CCCCC=O)[N+](=O)[O-])[N+](=O)[O-])[N+](=O)[O-]. The van der Waals surface area contributed by atoms with Crippen molar-refractivity contribution >= 4 is 6.29 Å². The van der Waals surface area contributed by atoms with Crippen LogP contribution in [0.1, 0.15) is 71.1 Å². The van der Waals surface area contributed by atoms with Crippen molar-refractivity contribution in [1.29, 1.82) is 0 Å². The van der Waals surface area contributed by atoms with Gasteiger partial charge in [0, 0.05) is 34.0 Å². The largest absolute Gasteiger partial charge is 0.386 e. The number of hydrogen-bond donors (Lipinski definition) is 3. The molecule has 0 spiro atoms. The second-order valence-electron chi connectivity index (χ2n) is 7.68. The Morgan fingerprint density at radius 1 is 0.710 bits per heavy atom. The number of carbonyl (C=O) groups is 1. The fourth-order valence-corrected chi connectivity index (χ4v) is 3.39. The molecule has 13 nitrogen and oxygen atoms in total. The van der Waals surface area contributed by atoms with Crippen molar-refractivity contribution in [2.75, 3.05) is 0 Å². The molecule has 0 bridgehead atoms. The first-order valence-electron chi connectivity index (χ1n) is 10.4. The molecule has 0 saturated carbocycles. The molecule has 3 N–H and O–H groups in total. The molecule has 0 aromatic rings. The molecule has 13 heteroatoms. The van der Waals surface area contributed by atoms with Crippen molar-refractivity contribution in [3.05, 3.63) is 30.3 Å². The van der Waals surface area contributed by atoms with Gasteiger partial charge in [-0.05, 0) is 19.3 Å². The lowest BCUT2D eigenvalue weighted by molar-refractivity contribution is -0.574. The van der Waals surface area contributed by atoms with Gasteiger partial charge in [-0.15, -0.1) is 0 Å². The standard InChI is InChI=1S/C18H33N3O10/c1-2-3-5-8-13(19(26)27)17(24)12-18(25)15(21(30)31)11-14(20(28)29)16(23)9-6-4-7-10-22/h10,13-18,23-25H,2-9,11-12H2,1H3. The molecular weight excluding hydrogens is 418 g/mol. The molecule has 0 aliphatic heterocycles. The Labute approximate surface area is 179 Å². The molecule has 31 heavy (non-hydrogen) atoms. The number of carbonyl (C=O) groups excluding carboxylic acids is 1. The zero-order valence-corrected chi connectivity index (χ0v) is 17.7.